The number of carbonyl (C=O) groups excluding carboxylic acids is 1. The van der Waals surface area contributed by atoms with Gasteiger partial charge in [0.2, 0.25) is 0 Å². The third-order valence-corrected chi connectivity index (χ3v) is 6.38. The number of benzene rings is 1. The molecule has 1 aromatic carbocycles. The van der Waals surface area contributed by atoms with Gasteiger partial charge < -0.3 is 4.90 Å². The number of hydrogen-bond acceptors (Lipinski definition) is 3. The lowest BCUT2D eigenvalue weighted by atomic mass is 10.1. The summed E-state index contributed by atoms with van der Waals surface area (Å²) < 4.78 is 0.878. The summed E-state index contributed by atoms with van der Waals surface area (Å²) >= 11 is 5.11. The number of thiophene rings is 1. The summed E-state index contributed by atoms with van der Waals surface area (Å²) in [7, 11) is 0. The monoisotopic (exact) mass is 386 g/mol. The standard InChI is InChI=1S/C18H15BrN2OS/c1-10-7-11(2)20-17-14(10)15(19)16(23-17)18(22)21-8-12-5-3-4-6-13(12)9-21/h3-7H,8-9H2,1-2H3. The summed E-state index contributed by atoms with van der Waals surface area (Å²) in [5.74, 6) is 0.0770. The van der Waals surface area contributed by atoms with Crippen LogP contribution in [0.2, 0.25) is 0 Å². The molecule has 2 aromatic heterocycles. The molecule has 0 spiro atoms. The van der Waals surface area contributed by atoms with Gasteiger partial charge in [-0.05, 0) is 52.5 Å². The Kier molecular flexibility index (Phi) is 3.50. The summed E-state index contributed by atoms with van der Waals surface area (Å²) in [4.78, 5) is 21.1. The first-order valence-electron chi connectivity index (χ1n) is 7.47. The van der Waals surface area contributed by atoms with Gasteiger partial charge in [0.15, 0.2) is 0 Å². The molecule has 1 amide bonds. The van der Waals surface area contributed by atoms with Crippen molar-refractivity contribution in [3.05, 3.63) is 62.1 Å². The van der Waals surface area contributed by atoms with Crippen LogP contribution in [-0.2, 0) is 13.1 Å². The van der Waals surface area contributed by atoms with E-state index in [9.17, 15) is 4.79 Å². The highest BCUT2D eigenvalue weighted by atomic mass is 79.9. The smallest absolute Gasteiger partial charge is 0.265 e. The van der Waals surface area contributed by atoms with Gasteiger partial charge in [-0.1, -0.05) is 24.3 Å². The third-order valence-electron chi connectivity index (χ3n) is 4.25. The molecule has 3 heterocycles. The second-order valence-electron chi connectivity index (χ2n) is 5.94. The fourth-order valence-electron chi connectivity index (χ4n) is 3.16. The molecule has 0 fully saturated rings. The number of carbonyl (C=O) groups is 1. The second-order valence-corrected chi connectivity index (χ2v) is 7.73. The molecule has 0 radical (unpaired) electrons. The van der Waals surface area contributed by atoms with Crippen LogP contribution in [0.25, 0.3) is 10.2 Å². The van der Waals surface area contributed by atoms with Gasteiger partial charge in [-0.25, -0.2) is 4.98 Å². The van der Waals surface area contributed by atoms with Crippen LogP contribution >= 0.6 is 27.3 Å². The molecule has 4 rings (SSSR count). The van der Waals surface area contributed by atoms with Gasteiger partial charge in [0.1, 0.15) is 9.71 Å². The van der Waals surface area contributed by atoms with E-state index in [1.807, 2.05) is 24.0 Å². The van der Waals surface area contributed by atoms with Gasteiger partial charge in [0, 0.05) is 24.2 Å². The quantitative estimate of drug-likeness (QED) is 0.599. The molecule has 1 aliphatic heterocycles. The van der Waals surface area contributed by atoms with Gasteiger partial charge in [-0.2, -0.15) is 0 Å². The summed E-state index contributed by atoms with van der Waals surface area (Å²) in [5.41, 5.74) is 4.61. The van der Waals surface area contributed by atoms with Crippen molar-refractivity contribution >= 4 is 43.4 Å². The highest BCUT2D eigenvalue weighted by molar-refractivity contribution is 9.10. The van der Waals surface area contributed by atoms with Crippen LogP contribution in [-0.4, -0.2) is 15.8 Å². The molecule has 0 unspecified atom stereocenters. The maximum Gasteiger partial charge on any atom is 0.265 e. The third kappa shape index (κ3) is 2.39. The zero-order valence-corrected chi connectivity index (χ0v) is 15.3. The van der Waals surface area contributed by atoms with E-state index >= 15 is 0 Å². The van der Waals surface area contributed by atoms with E-state index in [1.165, 1.54) is 22.5 Å². The Morgan fingerprint density at radius 2 is 1.87 bits per heavy atom. The van der Waals surface area contributed by atoms with Crippen LogP contribution in [0.3, 0.4) is 0 Å². The average molecular weight is 387 g/mol. The average Bonchev–Trinajstić information content (AvgIpc) is 3.08. The van der Waals surface area contributed by atoms with E-state index in [-0.39, 0.29) is 5.91 Å². The van der Waals surface area contributed by atoms with Crippen molar-refractivity contribution in [1.82, 2.24) is 9.88 Å². The Bertz CT molecular complexity index is 923. The Morgan fingerprint density at radius 3 is 2.52 bits per heavy atom. The van der Waals surface area contributed by atoms with Gasteiger partial charge in [0.25, 0.3) is 5.91 Å². The first-order valence-corrected chi connectivity index (χ1v) is 9.08. The number of nitrogens with zero attached hydrogens (tertiary/aromatic N) is 2. The first kappa shape index (κ1) is 14.8. The molecule has 0 atom stereocenters. The Hall–Kier alpha value is -1.72. The molecular formula is C18H15BrN2OS. The number of pyridine rings is 1. The molecular weight excluding hydrogens is 372 g/mol. The minimum Gasteiger partial charge on any atom is -0.329 e. The molecule has 3 aromatic rings. The summed E-state index contributed by atoms with van der Waals surface area (Å²) in [5, 5.41) is 1.06. The van der Waals surface area contributed by atoms with E-state index < -0.39 is 0 Å². The molecule has 0 bridgehead atoms. The van der Waals surface area contributed by atoms with Crippen molar-refractivity contribution < 1.29 is 4.79 Å². The Morgan fingerprint density at radius 1 is 1.22 bits per heavy atom. The Labute approximate surface area is 147 Å². The zero-order chi connectivity index (χ0) is 16.1. The SMILES string of the molecule is Cc1cc(C)c2c(Br)c(C(=O)N3Cc4ccccc4C3)sc2n1. The minimum absolute atomic E-state index is 0.0770. The molecule has 23 heavy (non-hydrogen) atoms. The number of aromatic nitrogens is 1. The number of halogens is 1. The van der Waals surface area contributed by atoms with Crippen LogP contribution in [0.1, 0.15) is 32.1 Å². The topological polar surface area (TPSA) is 33.2 Å². The van der Waals surface area contributed by atoms with Crippen molar-refractivity contribution in [2.45, 2.75) is 26.9 Å². The van der Waals surface area contributed by atoms with E-state index in [4.69, 9.17) is 0 Å². The van der Waals surface area contributed by atoms with Crippen LogP contribution in [0.5, 0.6) is 0 Å². The second kappa shape index (κ2) is 5.42. The van der Waals surface area contributed by atoms with E-state index in [2.05, 4.69) is 46.0 Å². The lowest BCUT2D eigenvalue weighted by Crippen LogP contribution is -2.24. The van der Waals surface area contributed by atoms with Crippen LogP contribution in [0, 0.1) is 13.8 Å². The maximum atomic E-state index is 13.0. The van der Waals surface area contributed by atoms with Gasteiger partial charge in [-0.15, -0.1) is 11.3 Å². The van der Waals surface area contributed by atoms with Gasteiger partial charge in [0.05, 0.1) is 4.47 Å². The van der Waals surface area contributed by atoms with Crippen molar-refractivity contribution in [2.24, 2.45) is 0 Å². The van der Waals surface area contributed by atoms with E-state index in [0.29, 0.717) is 13.1 Å². The first-order chi connectivity index (χ1) is 11.0. The lowest BCUT2D eigenvalue weighted by Gasteiger charge is -2.14. The number of hydrogen-bond donors (Lipinski definition) is 0. The predicted molar refractivity (Wildman–Crippen MR) is 96.8 cm³/mol. The van der Waals surface area contributed by atoms with Gasteiger partial charge >= 0.3 is 0 Å². The van der Waals surface area contributed by atoms with Crippen LogP contribution in [0.15, 0.2) is 34.8 Å². The van der Waals surface area contributed by atoms with E-state index in [1.54, 1.807) is 0 Å². The van der Waals surface area contributed by atoms with Crippen molar-refractivity contribution in [3.63, 3.8) is 0 Å². The number of amides is 1. The predicted octanol–water partition coefficient (Wildman–Crippen LogP) is 4.83. The summed E-state index contributed by atoms with van der Waals surface area (Å²) in [6.45, 7) is 5.41. The van der Waals surface area contributed by atoms with Gasteiger partial charge in [-0.3, -0.25) is 4.79 Å². The molecule has 5 heteroatoms. The molecule has 0 N–H and O–H groups in total. The number of rotatable bonds is 1. The Balaban J connectivity index is 1.74. The van der Waals surface area contributed by atoms with E-state index in [0.717, 1.165) is 30.8 Å². The minimum atomic E-state index is 0.0770. The zero-order valence-electron chi connectivity index (χ0n) is 12.9. The fraction of sp³-hybridized carbons (Fsp3) is 0.222. The molecule has 116 valence electrons. The summed E-state index contributed by atoms with van der Waals surface area (Å²) in [6.07, 6.45) is 0. The normalized spacial score (nSPS) is 13.6. The molecule has 0 saturated heterocycles. The highest BCUT2D eigenvalue weighted by Crippen LogP contribution is 2.38. The van der Waals surface area contributed by atoms with Crippen molar-refractivity contribution in [2.75, 3.05) is 0 Å². The highest BCUT2D eigenvalue weighted by Gasteiger charge is 2.28. The lowest BCUT2D eigenvalue weighted by molar-refractivity contribution is 0.0755. The van der Waals surface area contributed by atoms with Crippen molar-refractivity contribution in [3.8, 4) is 0 Å². The molecule has 0 aliphatic carbocycles. The molecule has 0 saturated carbocycles. The molecule has 3 nitrogen and oxygen atoms in total. The maximum absolute atomic E-state index is 13.0. The van der Waals surface area contributed by atoms with Crippen LogP contribution in [0.4, 0.5) is 0 Å². The fourth-order valence-corrected chi connectivity index (χ4v) is 5.36. The largest absolute Gasteiger partial charge is 0.329 e. The number of aryl methyl sites for hydroxylation is 2. The van der Waals surface area contributed by atoms with Crippen LogP contribution < -0.4 is 0 Å². The molecule has 1 aliphatic rings. The van der Waals surface area contributed by atoms with Crippen molar-refractivity contribution in [1.29, 1.82) is 0 Å². The summed E-state index contributed by atoms with van der Waals surface area (Å²) in [6, 6.07) is 10.3. The number of fused-ring (bicyclic) bond motifs is 2.